The monoisotopic (exact) mass is 242 g/mol. The molecule has 2 aromatic rings. The lowest BCUT2D eigenvalue weighted by atomic mass is 10.1. The van der Waals surface area contributed by atoms with Gasteiger partial charge in [0.2, 0.25) is 0 Å². The Morgan fingerprint density at radius 2 is 1.89 bits per heavy atom. The highest BCUT2D eigenvalue weighted by atomic mass is 16.3. The van der Waals surface area contributed by atoms with Gasteiger partial charge in [-0.2, -0.15) is 0 Å². The predicted molar refractivity (Wildman–Crippen MR) is 71.7 cm³/mol. The van der Waals surface area contributed by atoms with Crippen molar-refractivity contribution < 1.29 is 9.90 Å². The first-order valence-electron chi connectivity index (χ1n) is 5.54. The maximum Gasteiger partial charge on any atom is 0.256 e. The minimum Gasteiger partial charge on any atom is -0.508 e. The van der Waals surface area contributed by atoms with Crippen molar-refractivity contribution in [2.45, 2.75) is 6.92 Å². The van der Waals surface area contributed by atoms with Crippen LogP contribution in [0.5, 0.6) is 5.75 Å². The van der Waals surface area contributed by atoms with Gasteiger partial charge in [-0.1, -0.05) is 18.2 Å². The fourth-order valence-corrected chi connectivity index (χ4v) is 1.67. The van der Waals surface area contributed by atoms with Crippen molar-refractivity contribution >= 4 is 17.3 Å². The summed E-state index contributed by atoms with van der Waals surface area (Å²) in [5.41, 5.74) is 7.79. The topological polar surface area (TPSA) is 75.3 Å². The van der Waals surface area contributed by atoms with E-state index < -0.39 is 0 Å². The van der Waals surface area contributed by atoms with Crippen LogP contribution in [0.15, 0.2) is 42.5 Å². The number of para-hydroxylation sites is 2. The van der Waals surface area contributed by atoms with E-state index in [0.717, 1.165) is 0 Å². The van der Waals surface area contributed by atoms with Gasteiger partial charge in [-0.15, -0.1) is 0 Å². The van der Waals surface area contributed by atoms with Crippen LogP contribution in [0, 0.1) is 6.92 Å². The molecule has 18 heavy (non-hydrogen) atoms. The van der Waals surface area contributed by atoms with Crippen molar-refractivity contribution in [3.05, 3.63) is 53.6 Å². The molecule has 4 N–H and O–H groups in total. The second-order valence-electron chi connectivity index (χ2n) is 3.99. The molecule has 4 heteroatoms. The molecule has 0 unspecified atom stereocenters. The van der Waals surface area contributed by atoms with Gasteiger partial charge in [0.05, 0.1) is 11.4 Å². The number of hydrogen-bond donors (Lipinski definition) is 3. The van der Waals surface area contributed by atoms with Crippen LogP contribution in [0.2, 0.25) is 0 Å². The molecule has 0 aliphatic rings. The maximum atomic E-state index is 12.1. The molecule has 2 aromatic carbocycles. The summed E-state index contributed by atoms with van der Waals surface area (Å²) in [5.74, 6) is -0.190. The van der Waals surface area contributed by atoms with E-state index in [1.165, 1.54) is 0 Å². The second kappa shape index (κ2) is 4.79. The van der Waals surface area contributed by atoms with Gasteiger partial charge in [0, 0.05) is 11.1 Å². The summed E-state index contributed by atoms with van der Waals surface area (Å²) >= 11 is 0. The van der Waals surface area contributed by atoms with Crippen LogP contribution in [-0.4, -0.2) is 11.0 Å². The highest BCUT2D eigenvalue weighted by Gasteiger charge is 2.12. The van der Waals surface area contributed by atoms with Crippen LogP contribution in [0.1, 0.15) is 15.9 Å². The molecule has 0 saturated heterocycles. The van der Waals surface area contributed by atoms with E-state index in [0.29, 0.717) is 22.5 Å². The normalized spacial score (nSPS) is 10.1. The lowest BCUT2D eigenvalue weighted by Gasteiger charge is -2.10. The number of carbonyl (C=O) groups excluding carboxylic acids is 1. The average molecular weight is 242 g/mol. The second-order valence-corrected chi connectivity index (χ2v) is 3.99. The summed E-state index contributed by atoms with van der Waals surface area (Å²) in [6.45, 7) is 1.69. The number of amides is 1. The molecule has 0 aromatic heterocycles. The van der Waals surface area contributed by atoms with Gasteiger partial charge in [-0.25, -0.2) is 0 Å². The van der Waals surface area contributed by atoms with Gasteiger partial charge in [-0.3, -0.25) is 4.79 Å². The standard InChI is InChI=1S/C14H14N2O2/c1-9-10(5-4-8-13(9)17)14(18)16-12-7-3-2-6-11(12)15/h2-8,17H,15H2,1H3,(H,16,18). The van der Waals surface area contributed by atoms with Gasteiger partial charge in [0.25, 0.3) is 5.91 Å². The Morgan fingerprint density at radius 1 is 1.17 bits per heavy atom. The van der Waals surface area contributed by atoms with Crippen LogP contribution in [0.3, 0.4) is 0 Å². The fourth-order valence-electron chi connectivity index (χ4n) is 1.67. The highest BCUT2D eigenvalue weighted by molar-refractivity contribution is 6.06. The first-order chi connectivity index (χ1) is 8.59. The Labute approximate surface area is 105 Å². The van der Waals surface area contributed by atoms with Crippen LogP contribution < -0.4 is 11.1 Å². The molecular weight excluding hydrogens is 228 g/mol. The SMILES string of the molecule is Cc1c(O)cccc1C(=O)Nc1ccccc1N. The zero-order valence-corrected chi connectivity index (χ0v) is 9.97. The summed E-state index contributed by atoms with van der Waals surface area (Å²) in [7, 11) is 0. The van der Waals surface area contributed by atoms with Crippen molar-refractivity contribution in [3.63, 3.8) is 0 Å². The van der Waals surface area contributed by atoms with Crippen LogP contribution in [-0.2, 0) is 0 Å². The number of benzene rings is 2. The van der Waals surface area contributed by atoms with E-state index in [9.17, 15) is 9.90 Å². The lowest BCUT2D eigenvalue weighted by molar-refractivity contribution is 0.102. The lowest BCUT2D eigenvalue weighted by Crippen LogP contribution is -2.14. The van der Waals surface area contributed by atoms with E-state index in [1.54, 1.807) is 49.4 Å². The third-order valence-corrected chi connectivity index (χ3v) is 2.76. The van der Waals surface area contributed by atoms with Crippen molar-refractivity contribution in [1.82, 2.24) is 0 Å². The average Bonchev–Trinajstić information content (AvgIpc) is 2.35. The van der Waals surface area contributed by atoms with Gasteiger partial charge >= 0.3 is 0 Å². The smallest absolute Gasteiger partial charge is 0.256 e. The van der Waals surface area contributed by atoms with Crippen LogP contribution in [0.4, 0.5) is 11.4 Å². The molecule has 0 heterocycles. The zero-order chi connectivity index (χ0) is 13.1. The molecule has 0 aliphatic heterocycles. The number of carbonyl (C=O) groups is 1. The molecular formula is C14H14N2O2. The number of phenolic OH excluding ortho intramolecular Hbond substituents is 1. The number of anilines is 2. The molecule has 0 radical (unpaired) electrons. The number of hydrogen-bond acceptors (Lipinski definition) is 3. The molecule has 1 amide bonds. The van der Waals surface area contributed by atoms with Crippen molar-refractivity contribution in [2.24, 2.45) is 0 Å². The summed E-state index contributed by atoms with van der Waals surface area (Å²) in [4.78, 5) is 12.1. The van der Waals surface area contributed by atoms with Crippen molar-refractivity contribution in [2.75, 3.05) is 11.1 Å². The molecule has 4 nitrogen and oxygen atoms in total. The van der Waals surface area contributed by atoms with Crippen LogP contribution in [0.25, 0.3) is 0 Å². The Hall–Kier alpha value is -2.49. The molecule has 2 rings (SSSR count). The molecule has 0 spiro atoms. The Kier molecular flexibility index (Phi) is 3.19. The number of nitrogens with one attached hydrogen (secondary N) is 1. The van der Waals surface area contributed by atoms with Crippen molar-refractivity contribution in [1.29, 1.82) is 0 Å². The summed E-state index contributed by atoms with van der Waals surface area (Å²) < 4.78 is 0. The van der Waals surface area contributed by atoms with Gasteiger partial charge in [-0.05, 0) is 31.2 Å². The van der Waals surface area contributed by atoms with Gasteiger partial charge < -0.3 is 16.2 Å². The molecule has 92 valence electrons. The zero-order valence-electron chi connectivity index (χ0n) is 9.97. The summed E-state index contributed by atoms with van der Waals surface area (Å²) in [5, 5.41) is 12.3. The minimum atomic E-state index is -0.290. The first kappa shape index (κ1) is 12.0. The van der Waals surface area contributed by atoms with Gasteiger partial charge in [0.15, 0.2) is 0 Å². The molecule has 0 saturated carbocycles. The first-order valence-corrected chi connectivity index (χ1v) is 5.54. The summed E-state index contributed by atoms with van der Waals surface area (Å²) in [6, 6.07) is 11.9. The third-order valence-electron chi connectivity index (χ3n) is 2.76. The van der Waals surface area contributed by atoms with E-state index in [1.807, 2.05) is 0 Å². The molecule has 0 fully saturated rings. The van der Waals surface area contributed by atoms with Gasteiger partial charge in [0.1, 0.15) is 5.75 Å². The molecule has 0 aliphatic carbocycles. The quantitative estimate of drug-likeness (QED) is 0.708. The molecule has 0 atom stereocenters. The largest absolute Gasteiger partial charge is 0.508 e. The van der Waals surface area contributed by atoms with Crippen molar-refractivity contribution in [3.8, 4) is 5.75 Å². The number of phenols is 1. The van der Waals surface area contributed by atoms with E-state index in [-0.39, 0.29) is 11.7 Å². The number of nitrogens with two attached hydrogens (primary N) is 1. The number of aromatic hydroxyl groups is 1. The number of rotatable bonds is 2. The molecule has 0 bridgehead atoms. The van der Waals surface area contributed by atoms with E-state index >= 15 is 0 Å². The highest BCUT2D eigenvalue weighted by Crippen LogP contribution is 2.22. The van der Waals surface area contributed by atoms with Crippen LogP contribution >= 0.6 is 0 Å². The predicted octanol–water partition coefficient (Wildman–Crippen LogP) is 2.54. The Morgan fingerprint density at radius 3 is 2.61 bits per heavy atom. The number of nitrogen functional groups attached to an aromatic ring is 1. The minimum absolute atomic E-state index is 0.101. The third kappa shape index (κ3) is 2.27. The Bertz CT molecular complexity index is 594. The summed E-state index contributed by atoms with van der Waals surface area (Å²) in [6.07, 6.45) is 0. The fraction of sp³-hybridized carbons (Fsp3) is 0.0714. The maximum absolute atomic E-state index is 12.1. The van der Waals surface area contributed by atoms with E-state index in [2.05, 4.69) is 5.32 Å². The Balaban J connectivity index is 2.28. The van der Waals surface area contributed by atoms with E-state index in [4.69, 9.17) is 5.73 Å².